The fraction of sp³-hybridized carbons (Fsp3) is 0.172. The zero-order valence-corrected chi connectivity index (χ0v) is 19.6. The summed E-state index contributed by atoms with van der Waals surface area (Å²) in [6.45, 7) is 2.35. The number of hydrogen-bond donors (Lipinski definition) is 1. The normalized spacial score (nSPS) is 12.4. The van der Waals surface area contributed by atoms with Crippen LogP contribution in [-0.4, -0.2) is 15.0 Å². The maximum atomic E-state index is 12.6. The Hall–Kier alpha value is -3.21. The Kier molecular flexibility index (Phi) is 7.38. The molecule has 33 heavy (non-hydrogen) atoms. The average Bonchev–Trinajstić information content (AvgIpc) is 2.85. The lowest BCUT2D eigenvalue weighted by Crippen LogP contribution is -2.25. The van der Waals surface area contributed by atoms with Gasteiger partial charge in [0.2, 0.25) is 10.0 Å². The van der Waals surface area contributed by atoms with E-state index in [1.54, 1.807) is 12.1 Å². The lowest BCUT2D eigenvalue weighted by Gasteiger charge is -2.19. The van der Waals surface area contributed by atoms with Gasteiger partial charge in [-0.1, -0.05) is 103 Å². The van der Waals surface area contributed by atoms with Crippen LogP contribution in [0, 0.1) is 6.92 Å². The highest BCUT2D eigenvalue weighted by atomic mass is 32.2. The number of rotatable bonds is 9. The third-order valence-corrected chi connectivity index (χ3v) is 7.39. The van der Waals surface area contributed by atoms with Crippen LogP contribution in [0.2, 0.25) is 0 Å². The maximum Gasteiger partial charge on any atom is 0.240 e. The molecule has 0 aromatic heterocycles. The largest absolute Gasteiger partial charge is 0.240 e. The summed E-state index contributed by atoms with van der Waals surface area (Å²) in [5.74, 6) is 0.208. The first kappa shape index (κ1) is 23.0. The monoisotopic (exact) mass is 455 g/mol. The second kappa shape index (κ2) is 10.6. The molecule has 0 saturated heterocycles. The fourth-order valence-corrected chi connectivity index (χ4v) is 5.14. The van der Waals surface area contributed by atoms with Crippen LogP contribution in [0.1, 0.15) is 35.4 Å². The molecule has 1 N–H and O–H groups in total. The lowest BCUT2D eigenvalue weighted by atomic mass is 9.87. The van der Waals surface area contributed by atoms with Crippen molar-refractivity contribution in [2.24, 2.45) is 0 Å². The number of nitrogens with one attached hydrogen (secondary N) is 1. The molecule has 0 aliphatic heterocycles. The fourth-order valence-electron chi connectivity index (χ4n) is 4.06. The zero-order chi connectivity index (χ0) is 23.1. The Morgan fingerprint density at radius 2 is 1.21 bits per heavy atom. The van der Waals surface area contributed by atoms with Crippen LogP contribution < -0.4 is 4.72 Å². The van der Waals surface area contributed by atoms with E-state index < -0.39 is 10.0 Å². The van der Waals surface area contributed by atoms with Gasteiger partial charge in [0.1, 0.15) is 0 Å². The SMILES string of the molecule is Cc1ccc(S(=O)(=O)NCCCC(c2ccccc2)c2ccc(-c3ccccc3)cc2)cc1. The van der Waals surface area contributed by atoms with Gasteiger partial charge in [-0.05, 0) is 54.2 Å². The van der Waals surface area contributed by atoms with E-state index >= 15 is 0 Å². The number of aryl methyl sites for hydroxylation is 1. The minimum absolute atomic E-state index is 0.208. The van der Waals surface area contributed by atoms with Crippen LogP contribution in [0.25, 0.3) is 11.1 Å². The van der Waals surface area contributed by atoms with E-state index in [1.807, 2.05) is 43.3 Å². The Balaban J connectivity index is 1.45. The molecule has 4 heteroatoms. The number of benzene rings is 4. The Bertz CT molecular complexity index is 1250. The second-order valence-electron chi connectivity index (χ2n) is 8.30. The van der Waals surface area contributed by atoms with E-state index in [-0.39, 0.29) is 5.92 Å². The molecule has 0 saturated carbocycles. The van der Waals surface area contributed by atoms with E-state index in [1.165, 1.54) is 22.3 Å². The molecular formula is C29H29NO2S. The van der Waals surface area contributed by atoms with Crippen molar-refractivity contribution >= 4 is 10.0 Å². The zero-order valence-electron chi connectivity index (χ0n) is 18.8. The summed E-state index contributed by atoms with van der Waals surface area (Å²) in [5, 5.41) is 0. The first-order valence-electron chi connectivity index (χ1n) is 11.3. The summed E-state index contributed by atoms with van der Waals surface area (Å²) in [5.41, 5.74) is 5.91. The van der Waals surface area contributed by atoms with Gasteiger partial charge in [-0.25, -0.2) is 13.1 Å². The molecule has 3 nitrogen and oxygen atoms in total. The number of hydrogen-bond acceptors (Lipinski definition) is 2. The van der Waals surface area contributed by atoms with Gasteiger partial charge in [0.15, 0.2) is 0 Å². The van der Waals surface area contributed by atoms with Crippen molar-refractivity contribution in [3.05, 3.63) is 126 Å². The topological polar surface area (TPSA) is 46.2 Å². The first-order valence-corrected chi connectivity index (χ1v) is 12.8. The van der Waals surface area contributed by atoms with Crippen LogP contribution in [-0.2, 0) is 10.0 Å². The molecular weight excluding hydrogens is 426 g/mol. The maximum absolute atomic E-state index is 12.6. The molecule has 0 spiro atoms. The van der Waals surface area contributed by atoms with Crippen LogP contribution in [0.3, 0.4) is 0 Å². The van der Waals surface area contributed by atoms with E-state index in [9.17, 15) is 8.42 Å². The van der Waals surface area contributed by atoms with Crippen molar-refractivity contribution in [3.63, 3.8) is 0 Å². The van der Waals surface area contributed by atoms with Crippen molar-refractivity contribution in [3.8, 4) is 11.1 Å². The molecule has 0 radical (unpaired) electrons. The van der Waals surface area contributed by atoms with E-state index in [2.05, 4.69) is 65.4 Å². The van der Waals surface area contributed by atoms with Crippen LogP contribution in [0.15, 0.2) is 114 Å². The lowest BCUT2D eigenvalue weighted by molar-refractivity contribution is 0.572. The van der Waals surface area contributed by atoms with Crippen LogP contribution in [0.4, 0.5) is 0 Å². The standard InChI is InChI=1S/C29H29NO2S/c1-23-14-20-28(21-15-23)33(31,32)30-22-8-13-29(26-11-6-3-7-12-26)27-18-16-25(17-19-27)24-9-4-2-5-10-24/h2-7,9-12,14-21,29-30H,8,13,22H2,1H3. The molecule has 1 unspecified atom stereocenters. The van der Waals surface area contributed by atoms with Crippen molar-refractivity contribution in [2.45, 2.75) is 30.6 Å². The van der Waals surface area contributed by atoms with Gasteiger partial charge in [0.05, 0.1) is 4.90 Å². The molecule has 0 fully saturated rings. The smallest absolute Gasteiger partial charge is 0.211 e. The van der Waals surface area contributed by atoms with Gasteiger partial charge in [0.25, 0.3) is 0 Å². The van der Waals surface area contributed by atoms with Gasteiger partial charge in [-0.2, -0.15) is 0 Å². The molecule has 4 aromatic rings. The van der Waals surface area contributed by atoms with Gasteiger partial charge < -0.3 is 0 Å². The summed E-state index contributed by atoms with van der Waals surface area (Å²) >= 11 is 0. The van der Waals surface area contributed by atoms with Crippen molar-refractivity contribution < 1.29 is 8.42 Å². The van der Waals surface area contributed by atoms with Gasteiger partial charge in [-0.3, -0.25) is 0 Å². The summed E-state index contributed by atoms with van der Waals surface area (Å²) in [6, 6.07) is 36.4. The van der Waals surface area contributed by atoms with Crippen LogP contribution >= 0.6 is 0 Å². The molecule has 0 aliphatic carbocycles. The number of sulfonamides is 1. The Labute approximate surface area is 197 Å². The summed E-state index contributed by atoms with van der Waals surface area (Å²) in [7, 11) is -3.49. The van der Waals surface area contributed by atoms with Gasteiger partial charge in [-0.15, -0.1) is 0 Å². The van der Waals surface area contributed by atoms with Crippen molar-refractivity contribution in [1.29, 1.82) is 0 Å². The summed E-state index contributed by atoms with van der Waals surface area (Å²) in [4.78, 5) is 0.309. The molecule has 0 bridgehead atoms. The molecule has 0 heterocycles. The summed E-state index contributed by atoms with van der Waals surface area (Å²) in [6.07, 6.45) is 1.59. The Morgan fingerprint density at radius 1 is 0.667 bits per heavy atom. The predicted octanol–water partition coefficient (Wildman–Crippen LogP) is 6.55. The van der Waals surface area contributed by atoms with Crippen LogP contribution in [0.5, 0.6) is 0 Å². The van der Waals surface area contributed by atoms with E-state index in [4.69, 9.17) is 0 Å². The van der Waals surface area contributed by atoms with Gasteiger partial charge >= 0.3 is 0 Å². The molecule has 4 rings (SSSR count). The summed E-state index contributed by atoms with van der Waals surface area (Å²) < 4.78 is 27.9. The molecule has 1 atom stereocenters. The van der Waals surface area contributed by atoms with Crippen molar-refractivity contribution in [2.75, 3.05) is 6.54 Å². The third kappa shape index (κ3) is 5.98. The molecule has 0 amide bonds. The van der Waals surface area contributed by atoms with E-state index in [0.717, 1.165) is 18.4 Å². The Morgan fingerprint density at radius 3 is 1.85 bits per heavy atom. The third-order valence-electron chi connectivity index (χ3n) is 5.92. The highest BCUT2D eigenvalue weighted by Gasteiger charge is 2.16. The van der Waals surface area contributed by atoms with Crippen molar-refractivity contribution in [1.82, 2.24) is 4.72 Å². The predicted molar refractivity (Wildman–Crippen MR) is 136 cm³/mol. The minimum Gasteiger partial charge on any atom is -0.211 e. The highest BCUT2D eigenvalue weighted by molar-refractivity contribution is 7.89. The molecule has 168 valence electrons. The molecule has 4 aromatic carbocycles. The minimum atomic E-state index is -3.49. The quantitative estimate of drug-likeness (QED) is 0.291. The molecule has 0 aliphatic rings. The first-order chi connectivity index (χ1) is 16.0. The highest BCUT2D eigenvalue weighted by Crippen LogP contribution is 2.31. The van der Waals surface area contributed by atoms with Gasteiger partial charge in [0, 0.05) is 12.5 Å². The van der Waals surface area contributed by atoms with E-state index in [0.29, 0.717) is 11.4 Å². The average molecular weight is 456 g/mol. The second-order valence-corrected chi connectivity index (χ2v) is 10.1.